The van der Waals surface area contributed by atoms with Crippen LogP contribution in [0, 0.1) is 19.8 Å². The van der Waals surface area contributed by atoms with Crippen molar-refractivity contribution in [3.8, 4) is 5.75 Å². The first-order chi connectivity index (χ1) is 14.3. The van der Waals surface area contributed by atoms with Crippen molar-refractivity contribution in [3.05, 3.63) is 62.6 Å². The number of ether oxygens (including phenoxy) is 1. The third-order valence-electron chi connectivity index (χ3n) is 6.22. The number of piperidine rings is 1. The number of nitrogens with zero attached hydrogens (tertiary/aromatic N) is 1. The van der Waals surface area contributed by atoms with Gasteiger partial charge in [-0.2, -0.15) is 0 Å². The van der Waals surface area contributed by atoms with E-state index in [4.69, 9.17) is 27.9 Å². The standard InChI is InChI=1S/C24H30Cl2N2O2/c1-15-16(2)23(30-4)8-7-22(15)17(3)28-9-5-6-18(14-28)13-27-24(29)19-10-20(25)12-21(26)11-19/h7-8,10-12,17-18H,5-6,9,13-14H2,1-4H3,(H,27,29). The van der Waals surface area contributed by atoms with Crippen LogP contribution in [0.5, 0.6) is 5.75 Å². The first-order valence-electron chi connectivity index (χ1n) is 10.4. The molecule has 4 nitrogen and oxygen atoms in total. The van der Waals surface area contributed by atoms with Gasteiger partial charge in [-0.15, -0.1) is 0 Å². The summed E-state index contributed by atoms with van der Waals surface area (Å²) in [7, 11) is 1.71. The Morgan fingerprint density at radius 3 is 2.57 bits per heavy atom. The molecule has 0 spiro atoms. The molecule has 6 heteroatoms. The Hall–Kier alpha value is -1.75. The Balaban J connectivity index is 1.62. The third-order valence-corrected chi connectivity index (χ3v) is 6.66. The van der Waals surface area contributed by atoms with Crippen LogP contribution in [0.2, 0.25) is 10.0 Å². The summed E-state index contributed by atoms with van der Waals surface area (Å²) >= 11 is 12.0. The third kappa shape index (κ3) is 5.29. The van der Waals surface area contributed by atoms with Crippen molar-refractivity contribution in [1.82, 2.24) is 10.2 Å². The van der Waals surface area contributed by atoms with Crippen LogP contribution in [0.25, 0.3) is 0 Å². The molecule has 0 bridgehead atoms. The highest BCUT2D eigenvalue weighted by atomic mass is 35.5. The zero-order chi connectivity index (χ0) is 21.8. The predicted octanol–water partition coefficient (Wildman–Crippen LogP) is 5.82. The second kappa shape index (κ2) is 10.0. The molecule has 3 rings (SSSR count). The van der Waals surface area contributed by atoms with Crippen LogP contribution in [0.4, 0.5) is 0 Å². The molecule has 1 aliphatic heterocycles. The fourth-order valence-corrected chi connectivity index (χ4v) is 4.85. The van der Waals surface area contributed by atoms with E-state index in [2.05, 4.69) is 43.1 Å². The Kier molecular flexibility index (Phi) is 7.67. The molecule has 30 heavy (non-hydrogen) atoms. The predicted molar refractivity (Wildman–Crippen MR) is 124 cm³/mol. The summed E-state index contributed by atoms with van der Waals surface area (Å²) in [6.45, 7) is 9.22. The van der Waals surface area contributed by atoms with Gasteiger partial charge in [-0.3, -0.25) is 9.69 Å². The molecule has 0 saturated carbocycles. The van der Waals surface area contributed by atoms with E-state index in [1.807, 2.05) is 0 Å². The number of amides is 1. The van der Waals surface area contributed by atoms with Gasteiger partial charge in [0.25, 0.3) is 5.91 Å². The number of carbonyl (C=O) groups excluding carboxylic acids is 1. The number of rotatable bonds is 6. The highest BCUT2D eigenvalue weighted by Crippen LogP contribution is 2.32. The number of methoxy groups -OCH3 is 1. The summed E-state index contributed by atoms with van der Waals surface area (Å²) in [5, 5.41) is 3.99. The molecule has 1 amide bonds. The van der Waals surface area contributed by atoms with E-state index in [1.165, 1.54) is 16.7 Å². The summed E-state index contributed by atoms with van der Waals surface area (Å²) in [4.78, 5) is 15.0. The summed E-state index contributed by atoms with van der Waals surface area (Å²) in [5.74, 6) is 1.22. The van der Waals surface area contributed by atoms with Crippen LogP contribution in [0.3, 0.4) is 0 Å². The van der Waals surface area contributed by atoms with E-state index in [0.29, 0.717) is 34.1 Å². The molecule has 1 heterocycles. The maximum absolute atomic E-state index is 12.5. The van der Waals surface area contributed by atoms with Gasteiger partial charge in [-0.05, 0) is 87.0 Å². The molecule has 2 atom stereocenters. The summed E-state index contributed by atoms with van der Waals surface area (Å²) in [6.07, 6.45) is 2.24. The van der Waals surface area contributed by atoms with Crippen molar-refractivity contribution in [2.75, 3.05) is 26.7 Å². The van der Waals surface area contributed by atoms with Gasteiger partial charge in [-0.25, -0.2) is 0 Å². The lowest BCUT2D eigenvalue weighted by molar-refractivity contribution is 0.0917. The van der Waals surface area contributed by atoms with Crippen molar-refractivity contribution in [1.29, 1.82) is 0 Å². The Bertz CT molecular complexity index is 896. The van der Waals surface area contributed by atoms with E-state index in [-0.39, 0.29) is 5.91 Å². The zero-order valence-electron chi connectivity index (χ0n) is 18.1. The lowest BCUT2D eigenvalue weighted by Gasteiger charge is -2.38. The van der Waals surface area contributed by atoms with E-state index in [1.54, 1.807) is 25.3 Å². The number of likely N-dealkylation sites (tertiary alicyclic amines) is 1. The minimum Gasteiger partial charge on any atom is -0.496 e. The second-order valence-electron chi connectivity index (χ2n) is 8.15. The summed E-state index contributed by atoms with van der Waals surface area (Å²) < 4.78 is 5.46. The first kappa shape index (κ1) is 22.9. The van der Waals surface area contributed by atoms with E-state index >= 15 is 0 Å². The minimum absolute atomic E-state index is 0.133. The molecule has 2 unspecified atom stereocenters. The smallest absolute Gasteiger partial charge is 0.251 e. The monoisotopic (exact) mass is 448 g/mol. The van der Waals surface area contributed by atoms with Crippen molar-refractivity contribution in [3.63, 3.8) is 0 Å². The molecule has 2 aromatic rings. The molecule has 1 fully saturated rings. The number of hydrogen-bond donors (Lipinski definition) is 1. The molecular weight excluding hydrogens is 419 g/mol. The average Bonchev–Trinajstić information content (AvgIpc) is 2.73. The van der Waals surface area contributed by atoms with Gasteiger partial charge in [0.05, 0.1) is 7.11 Å². The number of nitrogens with one attached hydrogen (secondary N) is 1. The van der Waals surface area contributed by atoms with E-state index in [0.717, 1.165) is 31.7 Å². The number of hydrogen-bond acceptors (Lipinski definition) is 3. The van der Waals surface area contributed by atoms with E-state index < -0.39 is 0 Å². The first-order valence-corrected chi connectivity index (χ1v) is 11.2. The maximum Gasteiger partial charge on any atom is 0.251 e. The molecule has 1 saturated heterocycles. The molecule has 0 aliphatic carbocycles. The van der Waals surface area contributed by atoms with Crippen LogP contribution in [-0.4, -0.2) is 37.6 Å². The van der Waals surface area contributed by atoms with E-state index in [9.17, 15) is 4.79 Å². The van der Waals surface area contributed by atoms with Crippen molar-refractivity contribution in [2.45, 2.75) is 39.7 Å². The molecule has 1 aliphatic rings. The van der Waals surface area contributed by atoms with Gasteiger partial charge in [0.1, 0.15) is 5.75 Å². The van der Waals surface area contributed by atoms with Crippen LogP contribution in [0.15, 0.2) is 30.3 Å². The van der Waals surface area contributed by atoms with Gasteiger partial charge in [0.2, 0.25) is 0 Å². The highest BCUT2D eigenvalue weighted by molar-refractivity contribution is 6.35. The highest BCUT2D eigenvalue weighted by Gasteiger charge is 2.26. The van der Waals surface area contributed by atoms with Crippen LogP contribution < -0.4 is 10.1 Å². The Labute approximate surface area is 189 Å². The van der Waals surface area contributed by atoms with Gasteiger partial charge < -0.3 is 10.1 Å². The van der Waals surface area contributed by atoms with Crippen molar-refractivity contribution < 1.29 is 9.53 Å². The summed E-state index contributed by atoms with van der Waals surface area (Å²) in [5.41, 5.74) is 4.32. The summed E-state index contributed by atoms with van der Waals surface area (Å²) in [6, 6.07) is 9.48. The number of halogens is 2. The van der Waals surface area contributed by atoms with Gasteiger partial charge >= 0.3 is 0 Å². The van der Waals surface area contributed by atoms with Crippen LogP contribution >= 0.6 is 23.2 Å². The zero-order valence-corrected chi connectivity index (χ0v) is 19.6. The molecule has 2 aromatic carbocycles. The fraction of sp³-hybridized carbons (Fsp3) is 0.458. The van der Waals surface area contributed by atoms with Crippen LogP contribution in [0.1, 0.15) is 52.9 Å². The number of benzene rings is 2. The molecule has 0 aromatic heterocycles. The molecule has 1 N–H and O–H groups in total. The number of carbonyl (C=O) groups is 1. The van der Waals surface area contributed by atoms with Gasteiger partial charge in [-0.1, -0.05) is 29.3 Å². The second-order valence-corrected chi connectivity index (χ2v) is 9.03. The minimum atomic E-state index is -0.133. The lowest BCUT2D eigenvalue weighted by Crippen LogP contribution is -2.42. The quantitative estimate of drug-likeness (QED) is 0.604. The topological polar surface area (TPSA) is 41.6 Å². The molecule has 162 valence electrons. The largest absolute Gasteiger partial charge is 0.496 e. The molecule has 0 radical (unpaired) electrons. The van der Waals surface area contributed by atoms with Crippen molar-refractivity contribution >= 4 is 29.1 Å². The fourth-order valence-electron chi connectivity index (χ4n) is 4.33. The van der Waals surface area contributed by atoms with Crippen molar-refractivity contribution in [2.24, 2.45) is 5.92 Å². The van der Waals surface area contributed by atoms with Gasteiger partial charge in [0, 0.05) is 34.7 Å². The molecular formula is C24H30Cl2N2O2. The maximum atomic E-state index is 12.5. The lowest BCUT2D eigenvalue weighted by atomic mass is 9.92. The Morgan fingerprint density at radius 1 is 1.20 bits per heavy atom. The van der Waals surface area contributed by atoms with Crippen LogP contribution in [-0.2, 0) is 0 Å². The normalized spacial score (nSPS) is 18.1. The SMILES string of the molecule is COc1ccc(C(C)N2CCCC(CNC(=O)c3cc(Cl)cc(Cl)c3)C2)c(C)c1C. The van der Waals surface area contributed by atoms with Gasteiger partial charge in [0.15, 0.2) is 0 Å². The Morgan fingerprint density at radius 2 is 1.90 bits per heavy atom. The average molecular weight is 449 g/mol.